The number of alkyl carbamates (subject to hydrolysis) is 1. The van der Waals surface area contributed by atoms with Gasteiger partial charge in [0.15, 0.2) is 0 Å². The second-order valence-corrected chi connectivity index (χ2v) is 6.75. The van der Waals surface area contributed by atoms with Crippen molar-refractivity contribution in [2.45, 2.75) is 65.5 Å². The van der Waals surface area contributed by atoms with E-state index in [0.717, 1.165) is 19.3 Å². The van der Waals surface area contributed by atoms with Crippen LogP contribution >= 0.6 is 0 Å². The van der Waals surface area contributed by atoms with E-state index in [1.165, 1.54) is 5.56 Å². The molecule has 0 aliphatic rings. The van der Waals surface area contributed by atoms with Crippen LogP contribution in [-0.4, -0.2) is 22.7 Å². The molecule has 4 nitrogen and oxygen atoms in total. The molecule has 1 aromatic rings. The lowest BCUT2D eigenvalue weighted by molar-refractivity contribution is 0.0486. The van der Waals surface area contributed by atoms with Crippen molar-refractivity contribution in [1.29, 1.82) is 0 Å². The van der Waals surface area contributed by atoms with Gasteiger partial charge in [0.25, 0.3) is 0 Å². The minimum Gasteiger partial charge on any atom is -0.444 e. The normalized spacial score (nSPS) is 13.0. The van der Waals surface area contributed by atoms with Crippen LogP contribution in [0.25, 0.3) is 0 Å². The number of ether oxygens (including phenoxy) is 1. The molecule has 1 amide bonds. The maximum Gasteiger partial charge on any atom is 0.407 e. The number of pyridine rings is 1. The highest BCUT2D eigenvalue weighted by atomic mass is 16.6. The Morgan fingerprint density at radius 2 is 2.10 bits per heavy atom. The van der Waals surface area contributed by atoms with Crippen LogP contribution in [0.4, 0.5) is 4.79 Å². The molecule has 1 atom stereocenters. The predicted molar refractivity (Wildman–Crippen MR) is 85.2 cm³/mol. The van der Waals surface area contributed by atoms with Gasteiger partial charge in [0.1, 0.15) is 5.60 Å². The van der Waals surface area contributed by atoms with Gasteiger partial charge in [0.05, 0.1) is 0 Å². The minimum atomic E-state index is -0.457. The molecule has 21 heavy (non-hydrogen) atoms. The molecule has 0 aliphatic heterocycles. The number of nitrogens with zero attached hydrogens (tertiary/aromatic N) is 1. The lowest BCUT2D eigenvalue weighted by Crippen LogP contribution is -2.41. The Labute approximate surface area is 128 Å². The summed E-state index contributed by atoms with van der Waals surface area (Å²) in [5.41, 5.74) is 0.777. The van der Waals surface area contributed by atoms with Gasteiger partial charge in [-0.25, -0.2) is 4.79 Å². The van der Waals surface area contributed by atoms with Crippen molar-refractivity contribution in [3.8, 4) is 0 Å². The van der Waals surface area contributed by atoms with Gasteiger partial charge < -0.3 is 10.1 Å². The van der Waals surface area contributed by atoms with Gasteiger partial charge in [-0.05, 0) is 57.6 Å². The largest absolute Gasteiger partial charge is 0.444 e. The summed E-state index contributed by atoms with van der Waals surface area (Å²) >= 11 is 0. The molecule has 0 aliphatic carbocycles. The second-order valence-electron chi connectivity index (χ2n) is 6.75. The van der Waals surface area contributed by atoms with Gasteiger partial charge in [0.2, 0.25) is 0 Å². The number of nitrogens with one attached hydrogen (secondary N) is 1. The molecule has 0 spiro atoms. The zero-order valence-corrected chi connectivity index (χ0v) is 13.8. The molecule has 1 N–H and O–H groups in total. The number of amides is 1. The number of aromatic nitrogens is 1. The van der Waals surface area contributed by atoms with Crippen LogP contribution in [0.3, 0.4) is 0 Å². The molecule has 1 rings (SSSR count). The molecule has 0 saturated carbocycles. The summed E-state index contributed by atoms with van der Waals surface area (Å²) in [6, 6.07) is 4.17. The summed E-state index contributed by atoms with van der Waals surface area (Å²) in [7, 11) is 0. The summed E-state index contributed by atoms with van der Waals surface area (Å²) in [5.74, 6) is 0.381. The summed E-state index contributed by atoms with van der Waals surface area (Å²) in [5, 5.41) is 2.98. The molecular formula is C17H28N2O2. The summed E-state index contributed by atoms with van der Waals surface area (Å²) in [4.78, 5) is 16.0. The zero-order chi connectivity index (χ0) is 15.9. The van der Waals surface area contributed by atoms with Gasteiger partial charge >= 0.3 is 6.09 Å². The molecular weight excluding hydrogens is 264 g/mol. The quantitative estimate of drug-likeness (QED) is 0.863. The summed E-state index contributed by atoms with van der Waals surface area (Å²) < 4.78 is 5.32. The van der Waals surface area contributed by atoms with E-state index in [4.69, 9.17) is 4.74 Å². The standard InChI is InChI=1S/C17H28N2O2/c1-13(2)15(19-16(20)21-17(3,4)5)10-6-8-14-9-7-11-18-12-14/h7,9,11-13,15H,6,8,10H2,1-5H3,(H,19,20)/t15-/m1/s1. The second kappa shape index (κ2) is 8.01. The highest BCUT2D eigenvalue weighted by Gasteiger charge is 2.21. The van der Waals surface area contributed by atoms with Crippen LogP contribution in [0.1, 0.15) is 53.0 Å². The van der Waals surface area contributed by atoms with Crippen molar-refractivity contribution in [1.82, 2.24) is 10.3 Å². The maximum atomic E-state index is 11.9. The van der Waals surface area contributed by atoms with E-state index in [1.54, 1.807) is 6.20 Å². The third-order valence-corrected chi connectivity index (χ3v) is 3.21. The van der Waals surface area contributed by atoms with Crippen molar-refractivity contribution in [3.63, 3.8) is 0 Å². The molecule has 0 aromatic carbocycles. The molecule has 1 aromatic heterocycles. The minimum absolute atomic E-state index is 0.136. The van der Waals surface area contributed by atoms with Gasteiger partial charge in [0, 0.05) is 18.4 Å². The van der Waals surface area contributed by atoms with Gasteiger partial charge in [-0.15, -0.1) is 0 Å². The Bertz CT molecular complexity index is 424. The smallest absolute Gasteiger partial charge is 0.407 e. The number of aryl methyl sites for hydroxylation is 1. The van der Waals surface area contributed by atoms with E-state index in [-0.39, 0.29) is 12.1 Å². The van der Waals surface area contributed by atoms with E-state index in [0.29, 0.717) is 5.92 Å². The Morgan fingerprint density at radius 1 is 1.38 bits per heavy atom. The van der Waals surface area contributed by atoms with Crippen LogP contribution in [0.5, 0.6) is 0 Å². The van der Waals surface area contributed by atoms with Crippen molar-refractivity contribution < 1.29 is 9.53 Å². The van der Waals surface area contributed by atoms with E-state index in [1.807, 2.05) is 33.0 Å². The predicted octanol–water partition coefficient (Wildman–Crippen LogP) is 3.95. The lowest BCUT2D eigenvalue weighted by atomic mass is 9.97. The molecule has 0 bridgehead atoms. The number of rotatable bonds is 6. The fraction of sp³-hybridized carbons (Fsp3) is 0.647. The highest BCUT2D eigenvalue weighted by Crippen LogP contribution is 2.13. The molecule has 4 heteroatoms. The number of hydrogen-bond donors (Lipinski definition) is 1. The van der Waals surface area contributed by atoms with Gasteiger partial charge in [-0.2, -0.15) is 0 Å². The lowest BCUT2D eigenvalue weighted by Gasteiger charge is -2.25. The average molecular weight is 292 g/mol. The third kappa shape index (κ3) is 7.69. The SMILES string of the molecule is CC(C)[C@@H](CCCc1cccnc1)NC(=O)OC(C)(C)C. The molecule has 0 radical (unpaired) electrons. The zero-order valence-electron chi connectivity index (χ0n) is 13.8. The topological polar surface area (TPSA) is 51.2 Å². The molecule has 0 unspecified atom stereocenters. The van der Waals surface area contributed by atoms with E-state index >= 15 is 0 Å². The first-order valence-electron chi connectivity index (χ1n) is 7.66. The molecule has 0 saturated heterocycles. The van der Waals surface area contributed by atoms with Gasteiger partial charge in [-0.1, -0.05) is 19.9 Å². The van der Waals surface area contributed by atoms with Crippen molar-refractivity contribution in [2.24, 2.45) is 5.92 Å². The number of hydrogen-bond acceptors (Lipinski definition) is 3. The first-order chi connectivity index (χ1) is 9.78. The monoisotopic (exact) mass is 292 g/mol. The van der Waals surface area contributed by atoms with Crippen molar-refractivity contribution >= 4 is 6.09 Å². The number of carbonyl (C=O) groups excluding carboxylic acids is 1. The Morgan fingerprint density at radius 3 is 2.62 bits per heavy atom. The van der Waals surface area contributed by atoms with Crippen LogP contribution < -0.4 is 5.32 Å². The first-order valence-corrected chi connectivity index (χ1v) is 7.66. The molecule has 0 fully saturated rings. The van der Waals surface area contributed by atoms with Crippen LogP contribution in [-0.2, 0) is 11.2 Å². The van der Waals surface area contributed by atoms with Crippen molar-refractivity contribution in [3.05, 3.63) is 30.1 Å². The van der Waals surface area contributed by atoms with Crippen LogP contribution in [0.2, 0.25) is 0 Å². The maximum absolute atomic E-state index is 11.9. The van der Waals surface area contributed by atoms with E-state index < -0.39 is 5.60 Å². The third-order valence-electron chi connectivity index (χ3n) is 3.21. The summed E-state index contributed by atoms with van der Waals surface area (Å²) in [6.07, 6.45) is 6.28. The van der Waals surface area contributed by atoms with Crippen LogP contribution in [0.15, 0.2) is 24.5 Å². The fourth-order valence-corrected chi connectivity index (χ4v) is 2.10. The Hall–Kier alpha value is -1.58. The average Bonchev–Trinajstić information content (AvgIpc) is 2.36. The van der Waals surface area contributed by atoms with Gasteiger partial charge in [-0.3, -0.25) is 4.98 Å². The van der Waals surface area contributed by atoms with E-state index in [9.17, 15) is 4.79 Å². The number of carbonyl (C=O) groups is 1. The highest BCUT2D eigenvalue weighted by molar-refractivity contribution is 5.68. The fourth-order valence-electron chi connectivity index (χ4n) is 2.10. The van der Waals surface area contributed by atoms with Crippen LogP contribution in [0, 0.1) is 5.92 Å². The Kier molecular flexibility index (Phi) is 6.66. The summed E-state index contributed by atoms with van der Waals surface area (Å²) in [6.45, 7) is 9.86. The molecule has 1 heterocycles. The van der Waals surface area contributed by atoms with E-state index in [2.05, 4.69) is 30.2 Å². The Balaban J connectivity index is 2.41. The first kappa shape index (κ1) is 17.5. The molecule has 118 valence electrons. The van der Waals surface area contributed by atoms with Crippen molar-refractivity contribution in [2.75, 3.05) is 0 Å².